The van der Waals surface area contributed by atoms with E-state index in [2.05, 4.69) is 42.1 Å². The number of H-pyrrole nitrogens is 1. The van der Waals surface area contributed by atoms with E-state index in [0.717, 1.165) is 41.9 Å². The summed E-state index contributed by atoms with van der Waals surface area (Å²) >= 11 is 0. The zero-order valence-corrected chi connectivity index (χ0v) is 17.1. The van der Waals surface area contributed by atoms with Crippen LogP contribution in [0, 0.1) is 5.92 Å². The Morgan fingerprint density at radius 2 is 1.90 bits per heavy atom. The molecule has 6 rings (SSSR count). The van der Waals surface area contributed by atoms with Crippen molar-refractivity contribution in [3.05, 3.63) is 44.7 Å². The van der Waals surface area contributed by atoms with Crippen molar-refractivity contribution in [2.75, 3.05) is 23.8 Å². The lowest BCUT2D eigenvalue weighted by Gasteiger charge is -2.29. The van der Waals surface area contributed by atoms with Crippen molar-refractivity contribution >= 4 is 28.2 Å². The van der Waals surface area contributed by atoms with Crippen LogP contribution in [0.3, 0.4) is 0 Å². The Hall–Kier alpha value is -3.27. The van der Waals surface area contributed by atoms with Gasteiger partial charge in [0.25, 0.3) is 10.9 Å². The fourth-order valence-corrected chi connectivity index (χ4v) is 5.04. The van der Waals surface area contributed by atoms with E-state index in [1.807, 2.05) is 12.3 Å². The van der Waals surface area contributed by atoms with E-state index in [0.29, 0.717) is 30.5 Å². The van der Waals surface area contributed by atoms with Crippen molar-refractivity contribution in [1.29, 1.82) is 0 Å². The molecule has 2 aliphatic rings. The lowest BCUT2D eigenvalue weighted by atomic mass is 9.93. The highest BCUT2D eigenvalue weighted by molar-refractivity contribution is 5.75. The molecule has 2 fully saturated rings. The van der Waals surface area contributed by atoms with Crippen LogP contribution in [0.2, 0.25) is 0 Å². The maximum Gasteiger partial charge on any atom is 0.253 e. The Balaban J connectivity index is 1.29. The fourth-order valence-electron chi connectivity index (χ4n) is 5.04. The Kier molecular flexibility index (Phi) is 4.10. The quantitative estimate of drug-likeness (QED) is 0.399. The zero-order chi connectivity index (χ0) is 21.1. The van der Waals surface area contributed by atoms with Crippen molar-refractivity contribution in [1.82, 2.24) is 24.6 Å². The van der Waals surface area contributed by atoms with Gasteiger partial charge in [-0.25, -0.2) is 4.98 Å². The molecule has 1 aliphatic heterocycles. The minimum absolute atomic E-state index is 0.0901. The molecule has 160 valence electrons. The first-order chi connectivity index (χ1) is 15.1. The van der Waals surface area contributed by atoms with Crippen LogP contribution in [0.1, 0.15) is 37.9 Å². The van der Waals surface area contributed by atoms with Gasteiger partial charge in [0.1, 0.15) is 17.2 Å². The van der Waals surface area contributed by atoms with Crippen LogP contribution in [0.4, 0.5) is 11.4 Å². The van der Waals surface area contributed by atoms with E-state index in [4.69, 9.17) is 4.74 Å². The molecule has 0 spiro atoms. The minimum Gasteiger partial charge on any atom is -0.377 e. The average molecular weight is 421 g/mol. The third-order valence-electron chi connectivity index (χ3n) is 6.76. The molecule has 3 atom stereocenters. The molecule has 3 N–H and O–H groups in total. The van der Waals surface area contributed by atoms with Crippen LogP contribution in [0.25, 0.3) is 16.8 Å². The van der Waals surface area contributed by atoms with Gasteiger partial charge < -0.3 is 20.4 Å². The van der Waals surface area contributed by atoms with Crippen molar-refractivity contribution < 1.29 is 4.74 Å². The molecular weight excluding hydrogens is 398 g/mol. The zero-order valence-electron chi connectivity index (χ0n) is 17.1. The molecule has 1 aromatic carbocycles. The van der Waals surface area contributed by atoms with Crippen molar-refractivity contribution in [2.24, 2.45) is 5.92 Å². The molecule has 0 radical (unpaired) electrons. The van der Waals surface area contributed by atoms with Crippen LogP contribution in [-0.4, -0.2) is 49.9 Å². The molecule has 0 bridgehead atoms. The van der Waals surface area contributed by atoms with Crippen LogP contribution >= 0.6 is 0 Å². The third kappa shape index (κ3) is 2.78. The number of nitrogens with one attached hydrogen (secondary N) is 3. The Morgan fingerprint density at radius 3 is 2.61 bits per heavy atom. The minimum atomic E-state index is -0.443. The van der Waals surface area contributed by atoms with Gasteiger partial charge in [0.15, 0.2) is 11.3 Å². The summed E-state index contributed by atoms with van der Waals surface area (Å²) in [6, 6.07) is 2.18. The summed E-state index contributed by atoms with van der Waals surface area (Å²) in [4.78, 5) is 31.8. The number of ether oxygens (including phenoxy) is 1. The van der Waals surface area contributed by atoms with Gasteiger partial charge in [0, 0.05) is 18.2 Å². The molecule has 3 aromatic heterocycles. The first-order valence-corrected chi connectivity index (χ1v) is 10.7. The number of fused-ring (bicyclic) bond motifs is 3. The van der Waals surface area contributed by atoms with Crippen LogP contribution in [-0.2, 0) is 4.74 Å². The molecule has 4 aromatic rings. The second kappa shape index (κ2) is 6.88. The number of hydrogen-bond donors (Lipinski definition) is 3. The largest absolute Gasteiger partial charge is 0.377 e. The van der Waals surface area contributed by atoms with E-state index in [-0.39, 0.29) is 18.0 Å². The Labute approximate surface area is 176 Å². The lowest BCUT2D eigenvalue weighted by Crippen LogP contribution is -2.46. The van der Waals surface area contributed by atoms with E-state index >= 15 is 0 Å². The predicted molar refractivity (Wildman–Crippen MR) is 115 cm³/mol. The fraction of sp³-hybridized carbons (Fsp3) is 0.476. The highest BCUT2D eigenvalue weighted by atomic mass is 16.5. The van der Waals surface area contributed by atoms with Gasteiger partial charge in [-0.2, -0.15) is 0 Å². The molecule has 1 saturated heterocycles. The molecule has 4 heterocycles. The molecule has 31 heavy (non-hydrogen) atoms. The monoisotopic (exact) mass is 421 g/mol. The van der Waals surface area contributed by atoms with Gasteiger partial charge in [-0.1, -0.05) is 13.3 Å². The molecule has 10 heteroatoms. The van der Waals surface area contributed by atoms with E-state index in [1.54, 1.807) is 6.20 Å². The normalized spacial score (nSPS) is 24.2. The summed E-state index contributed by atoms with van der Waals surface area (Å²) in [5.74, 6) is 1.52. The summed E-state index contributed by atoms with van der Waals surface area (Å²) in [5.41, 5.74) is 2.43. The second-order valence-electron chi connectivity index (χ2n) is 8.60. The SMILES string of the molecule is CCC1CC(Nc2c(NC3COC3)c(=O)c2=O)CC1c1nnc2cnc3[nH]ccc3n12. The summed E-state index contributed by atoms with van der Waals surface area (Å²) < 4.78 is 7.23. The second-order valence-corrected chi connectivity index (χ2v) is 8.60. The Bertz CT molecular complexity index is 1340. The highest BCUT2D eigenvalue weighted by Crippen LogP contribution is 2.42. The number of anilines is 2. The summed E-state index contributed by atoms with van der Waals surface area (Å²) in [5, 5.41) is 15.4. The van der Waals surface area contributed by atoms with E-state index in [1.165, 1.54) is 0 Å². The van der Waals surface area contributed by atoms with Crippen LogP contribution in [0.5, 0.6) is 0 Å². The standard InChI is InChI=1S/C21H23N7O3/c1-2-10-5-11(24-16-17(19(30)18(16)29)25-12-8-31-9-12)6-13(10)21-27-26-15-7-23-20-14(28(15)21)3-4-22-20/h3-4,7,10-13,22,24-25H,2,5-6,8-9H2,1H3. The van der Waals surface area contributed by atoms with Gasteiger partial charge in [0.2, 0.25) is 0 Å². The first kappa shape index (κ1) is 18.5. The topological polar surface area (TPSA) is 126 Å². The molecule has 1 saturated carbocycles. The average Bonchev–Trinajstić information content (AvgIpc) is 3.47. The first-order valence-electron chi connectivity index (χ1n) is 10.7. The summed E-state index contributed by atoms with van der Waals surface area (Å²) in [6.45, 7) is 3.30. The van der Waals surface area contributed by atoms with Gasteiger partial charge in [0.05, 0.1) is 31.0 Å². The predicted octanol–water partition coefficient (Wildman–Crippen LogP) is 1.40. The highest BCUT2D eigenvalue weighted by Gasteiger charge is 2.38. The Morgan fingerprint density at radius 1 is 1.13 bits per heavy atom. The summed E-state index contributed by atoms with van der Waals surface area (Å²) in [7, 11) is 0. The number of aromatic amines is 1. The van der Waals surface area contributed by atoms with E-state index < -0.39 is 10.9 Å². The third-order valence-corrected chi connectivity index (χ3v) is 6.76. The molecule has 3 unspecified atom stereocenters. The van der Waals surface area contributed by atoms with E-state index in [9.17, 15) is 9.59 Å². The maximum absolute atomic E-state index is 12.2. The van der Waals surface area contributed by atoms with Crippen molar-refractivity contribution in [3.63, 3.8) is 0 Å². The molecule has 10 nitrogen and oxygen atoms in total. The van der Waals surface area contributed by atoms with Gasteiger partial charge >= 0.3 is 0 Å². The van der Waals surface area contributed by atoms with Crippen LogP contribution < -0.4 is 21.5 Å². The van der Waals surface area contributed by atoms with Gasteiger partial charge in [-0.3, -0.25) is 14.0 Å². The molecule has 1 aliphatic carbocycles. The smallest absolute Gasteiger partial charge is 0.253 e. The maximum atomic E-state index is 12.2. The van der Waals surface area contributed by atoms with Crippen molar-refractivity contribution in [3.8, 4) is 0 Å². The molecule has 0 amide bonds. The lowest BCUT2D eigenvalue weighted by molar-refractivity contribution is 0.0210. The van der Waals surface area contributed by atoms with Gasteiger partial charge in [-0.05, 0) is 24.8 Å². The number of rotatable bonds is 6. The van der Waals surface area contributed by atoms with Crippen molar-refractivity contribution in [2.45, 2.75) is 44.2 Å². The number of nitrogens with zero attached hydrogens (tertiary/aromatic N) is 4. The number of hydrogen-bond acceptors (Lipinski definition) is 8. The number of aromatic nitrogens is 5. The van der Waals surface area contributed by atoms with Crippen LogP contribution in [0.15, 0.2) is 28.0 Å². The summed E-state index contributed by atoms with van der Waals surface area (Å²) in [6.07, 6.45) is 6.31. The van der Waals surface area contributed by atoms with Gasteiger partial charge in [-0.15, -0.1) is 10.2 Å². The molecular formula is C21H23N7O3.